The zero-order valence-electron chi connectivity index (χ0n) is 9.14. The average molecular weight is 229 g/mol. The molecule has 5 nitrogen and oxygen atoms in total. The number of carbonyl (C=O) groups is 2. The molecule has 1 aliphatic heterocycles. The smallest absolute Gasteiger partial charge is 0.327 e. The molecule has 0 unspecified atom stereocenters. The third-order valence-electron chi connectivity index (χ3n) is 3.00. The quantitative estimate of drug-likeness (QED) is 0.727. The maximum atomic E-state index is 11.4. The van der Waals surface area contributed by atoms with Crippen molar-refractivity contribution < 1.29 is 9.59 Å². The van der Waals surface area contributed by atoms with E-state index in [0.717, 1.165) is 29.1 Å². The highest BCUT2D eigenvalue weighted by molar-refractivity contribution is 6.08. The predicted molar refractivity (Wildman–Crippen MR) is 61.5 cm³/mol. The number of hydrogen-bond acceptors (Lipinski definition) is 3. The van der Waals surface area contributed by atoms with Crippen LogP contribution in [0.4, 0.5) is 4.79 Å². The Morgan fingerprint density at radius 3 is 2.76 bits per heavy atom. The van der Waals surface area contributed by atoms with Gasteiger partial charge in [0.15, 0.2) is 0 Å². The van der Waals surface area contributed by atoms with Crippen LogP contribution in [0.3, 0.4) is 0 Å². The van der Waals surface area contributed by atoms with Gasteiger partial charge in [-0.15, -0.1) is 5.01 Å². The van der Waals surface area contributed by atoms with Crippen LogP contribution in [0.25, 0.3) is 0 Å². The number of imide groups is 1. The van der Waals surface area contributed by atoms with Crippen LogP contribution < -0.4 is 5.32 Å². The SMILES string of the molecule is O=C1CNC(=O)N1/N=C1/CCc2ccccc21. The molecular weight excluding hydrogens is 218 g/mol. The van der Waals surface area contributed by atoms with Crippen molar-refractivity contribution in [3.05, 3.63) is 35.4 Å². The maximum Gasteiger partial charge on any atom is 0.345 e. The van der Waals surface area contributed by atoms with Gasteiger partial charge in [0.05, 0.1) is 5.71 Å². The monoisotopic (exact) mass is 229 g/mol. The van der Waals surface area contributed by atoms with Crippen molar-refractivity contribution in [3.8, 4) is 0 Å². The van der Waals surface area contributed by atoms with E-state index < -0.39 is 6.03 Å². The summed E-state index contributed by atoms with van der Waals surface area (Å²) in [7, 11) is 0. The number of hydrogen-bond donors (Lipinski definition) is 1. The van der Waals surface area contributed by atoms with E-state index in [1.165, 1.54) is 5.56 Å². The van der Waals surface area contributed by atoms with E-state index in [1.807, 2.05) is 24.3 Å². The van der Waals surface area contributed by atoms with Crippen LogP contribution in [0.1, 0.15) is 17.5 Å². The van der Waals surface area contributed by atoms with Crippen LogP contribution in [0.2, 0.25) is 0 Å². The van der Waals surface area contributed by atoms with Crippen LogP contribution in [0, 0.1) is 0 Å². The van der Waals surface area contributed by atoms with Gasteiger partial charge in [0.1, 0.15) is 6.54 Å². The lowest BCUT2D eigenvalue weighted by Crippen LogP contribution is -2.27. The van der Waals surface area contributed by atoms with Crippen LogP contribution in [-0.2, 0) is 11.2 Å². The summed E-state index contributed by atoms with van der Waals surface area (Å²) in [6, 6.07) is 7.50. The second-order valence-corrected chi connectivity index (χ2v) is 4.07. The Balaban J connectivity index is 1.96. The highest BCUT2D eigenvalue weighted by Crippen LogP contribution is 2.22. The van der Waals surface area contributed by atoms with Gasteiger partial charge in [0, 0.05) is 5.56 Å². The van der Waals surface area contributed by atoms with Gasteiger partial charge in [0.25, 0.3) is 5.91 Å². The highest BCUT2D eigenvalue weighted by Gasteiger charge is 2.30. The number of amides is 3. The molecule has 17 heavy (non-hydrogen) atoms. The molecule has 1 aromatic carbocycles. The van der Waals surface area contributed by atoms with Crippen molar-refractivity contribution in [2.24, 2.45) is 5.10 Å². The van der Waals surface area contributed by atoms with E-state index in [1.54, 1.807) is 0 Å². The van der Waals surface area contributed by atoms with E-state index in [0.29, 0.717) is 0 Å². The first-order valence-electron chi connectivity index (χ1n) is 5.52. The lowest BCUT2D eigenvalue weighted by Gasteiger charge is -2.07. The second-order valence-electron chi connectivity index (χ2n) is 4.07. The molecule has 2 aliphatic rings. The molecule has 0 bridgehead atoms. The van der Waals surface area contributed by atoms with Crippen molar-refractivity contribution >= 4 is 17.6 Å². The number of fused-ring (bicyclic) bond motifs is 1. The van der Waals surface area contributed by atoms with Gasteiger partial charge in [-0.3, -0.25) is 4.79 Å². The van der Waals surface area contributed by atoms with E-state index >= 15 is 0 Å². The Bertz CT molecular complexity index is 520. The first kappa shape index (κ1) is 10.0. The van der Waals surface area contributed by atoms with E-state index in [4.69, 9.17) is 0 Å². The van der Waals surface area contributed by atoms with E-state index in [2.05, 4.69) is 10.4 Å². The van der Waals surface area contributed by atoms with Gasteiger partial charge in [-0.2, -0.15) is 5.10 Å². The molecule has 0 spiro atoms. The summed E-state index contributed by atoms with van der Waals surface area (Å²) < 4.78 is 0. The number of nitrogens with one attached hydrogen (secondary N) is 1. The van der Waals surface area contributed by atoms with Gasteiger partial charge in [-0.25, -0.2) is 4.79 Å². The van der Waals surface area contributed by atoms with Crippen molar-refractivity contribution in [2.45, 2.75) is 12.8 Å². The van der Waals surface area contributed by atoms with Crippen molar-refractivity contribution in [1.82, 2.24) is 10.3 Å². The Hall–Kier alpha value is -2.17. The minimum Gasteiger partial charge on any atom is -0.327 e. The third kappa shape index (κ3) is 1.60. The van der Waals surface area contributed by atoms with Crippen LogP contribution in [0.5, 0.6) is 0 Å². The van der Waals surface area contributed by atoms with Gasteiger partial charge < -0.3 is 5.32 Å². The number of benzene rings is 1. The predicted octanol–water partition coefficient (Wildman–Crippen LogP) is 0.889. The van der Waals surface area contributed by atoms with Crippen molar-refractivity contribution in [1.29, 1.82) is 0 Å². The fourth-order valence-electron chi connectivity index (χ4n) is 2.15. The molecule has 0 atom stereocenters. The maximum absolute atomic E-state index is 11.4. The summed E-state index contributed by atoms with van der Waals surface area (Å²) >= 11 is 0. The molecule has 1 N–H and O–H groups in total. The summed E-state index contributed by atoms with van der Waals surface area (Å²) in [6.45, 7) is 0.0389. The Kier molecular flexibility index (Phi) is 2.18. The number of urea groups is 1. The molecule has 1 aliphatic carbocycles. The average Bonchev–Trinajstić information content (AvgIpc) is 2.88. The molecule has 1 saturated heterocycles. The van der Waals surface area contributed by atoms with E-state index in [9.17, 15) is 9.59 Å². The van der Waals surface area contributed by atoms with Gasteiger partial charge >= 0.3 is 6.03 Å². The first-order chi connectivity index (χ1) is 8.25. The van der Waals surface area contributed by atoms with Crippen LogP contribution in [-0.4, -0.2) is 29.2 Å². The fourth-order valence-corrected chi connectivity index (χ4v) is 2.15. The molecule has 0 aromatic heterocycles. The molecule has 1 fully saturated rings. The molecule has 5 heteroatoms. The van der Waals surface area contributed by atoms with Crippen molar-refractivity contribution in [3.63, 3.8) is 0 Å². The minimum absolute atomic E-state index is 0.0389. The summed E-state index contributed by atoms with van der Waals surface area (Å²) in [4.78, 5) is 22.8. The number of nitrogens with zero attached hydrogens (tertiary/aromatic N) is 2. The lowest BCUT2D eigenvalue weighted by molar-refractivity contribution is -0.124. The largest absolute Gasteiger partial charge is 0.345 e. The third-order valence-corrected chi connectivity index (χ3v) is 3.00. The standard InChI is InChI=1S/C12H11N3O2/c16-11-7-13-12(17)15(11)14-10-6-5-8-3-1-2-4-9(8)10/h1-4H,5-7H2,(H,13,17)/b14-10-. The Morgan fingerprint density at radius 1 is 1.18 bits per heavy atom. The molecule has 3 rings (SSSR count). The van der Waals surface area contributed by atoms with Crippen LogP contribution in [0.15, 0.2) is 29.4 Å². The number of aryl methyl sites for hydroxylation is 1. The molecule has 0 radical (unpaired) electrons. The zero-order chi connectivity index (χ0) is 11.8. The number of hydrazone groups is 1. The minimum atomic E-state index is -0.438. The van der Waals surface area contributed by atoms with Crippen molar-refractivity contribution in [2.75, 3.05) is 6.54 Å². The molecular formula is C12H11N3O2. The molecule has 86 valence electrons. The topological polar surface area (TPSA) is 61.8 Å². The molecule has 1 aromatic rings. The number of rotatable bonds is 1. The summed E-state index contributed by atoms with van der Waals surface area (Å²) in [6.07, 6.45) is 1.69. The summed E-state index contributed by atoms with van der Waals surface area (Å²) in [5, 5.41) is 7.54. The molecule has 3 amide bonds. The molecule has 1 heterocycles. The lowest BCUT2D eigenvalue weighted by atomic mass is 10.1. The normalized spacial score (nSPS) is 20.9. The summed E-state index contributed by atoms with van der Waals surface area (Å²) in [5.41, 5.74) is 3.07. The van der Waals surface area contributed by atoms with E-state index in [-0.39, 0.29) is 12.5 Å². The fraction of sp³-hybridized carbons (Fsp3) is 0.250. The van der Waals surface area contributed by atoms with Gasteiger partial charge in [0.2, 0.25) is 0 Å². The molecule has 0 saturated carbocycles. The second kappa shape index (κ2) is 3.69. The van der Waals surface area contributed by atoms with Gasteiger partial charge in [-0.05, 0) is 18.4 Å². The zero-order valence-corrected chi connectivity index (χ0v) is 9.14. The Labute approximate surface area is 98.1 Å². The number of carbonyl (C=O) groups excluding carboxylic acids is 2. The highest BCUT2D eigenvalue weighted by atomic mass is 16.2. The Morgan fingerprint density at radius 2 is 2.00 bits per heavy atom. The van der Waals surface area contributed by atoms with Gasteiger partial charge in [-0.1, -0.05) is 24.3 Å². The van der Waals surface area contributed by atoms with Crippen LogP contribution >= 0.6 is 0 Å². The first-order valence-corrected chi connectivity index (χ1v) is 5.52. The summed E-state index contributed by atoms with van der Waals surface area (Å²) in [5.74, 6) is -0.299.